The van der Waals surface area contributed by atoms with Crippen LogP contribution in [0.2, 0.25) is 0 Å². The number of hydrogen-bond acceptors (Lipinski definition) is 6. The molecule has 0 saturated heterocycles. The van der Waals surface area contributed by atoms with E-state index in [0.717, 1.165) is 0 Å². The first kappa shape index (κ1) is 14.0. The van der Waals surface area contributed by atoms with E-state index in [4.69, 9.17) is 0 Å². The third-order valence-corrected chi connectivity index (χ3v) is 3.98. The molecule has 22 heavy (non-hydrogen) atoms. The highest BCUT2D eigenvalue weighted by Gasteiger charge is 2.17. The highest BCUT2D eigenvalue weighted by Crippen LogP contribution is 2.36. The average Bonchev–Trinajstić information content (AvgIpc) is 3.00. The summed E-state index contributed by atoms with van der Waals surface area (Å²) in [5.74, 6) is -0.448. The molecule has 6 nitrogen and oxygen atoms in total. The van der Waals surface area contributed by atoms with Crippen LogP contribution in [0.1, 0.15) is 0 Å². The van der Waals surface area contributed by atoms with Gasteiger partial charge in [0.1, 0.15) is 5.01 Å². The molecule has 0 bridgehead atoms. The zero-order valence-corrected chi connectivity index (χ0v) is 11.9. The molecule has 0 atom stereocenters. The van der Waals surface area contributed by atoms with Gasteiger partial charge >= 0.3 is 0 Å². The lowest BCUT2D eigenvalue weighted by atomic mass is 10.1. The molecule has 0 aliphatic carbocycles. The van der Waals surface area contributed by atoms with Gasteiger partial charge in [-0.25, -0.2) is 4.98 Å². The van der Waals surface area contributed by atoms with Gasteiger partial charge in [0.2, 0.25) is 0 Å². The third-order valence-electron chi connectivity index (χ3n) is 3.11. The Hall–Kier alpha value is -2.93. The Morgan fingerprint density at radius 3 is 2.59 bits per heavy atom. The van der Waals surface area contributed by atoms with Crippen molar-refractivity contribution < 1.29 is 15.1 Å². The number of aromatic hydroxyl groups is 2. The lowest BCUT2D eigenvalue weighted by Crippen LogP contribution is -1.91. The second-order valence-electron chi connectivity index (χ2n) is 4.52. The van der Waals surface area contributed by atoms with Crippen LogP contribution in [0.25, 0.3) is 21.8 Å². The fourth-order valence-electron chi connectivity index (χ4n) is 2.03. The standard InChI is InChI=1S/C15H10N2O4S/c18-13-6-5-9(7-14(13)19)11-8-22-15(16-11)10-3-1-2-4-12(10)17(20)21/h1-8,18-19H. The van der Waals surface area contributed by atoms with Crippen LogP contribution in [-0.2, 0) is 0 Å². The van der Waals surface area contributed by atoms with Crippen molar-refractivity contribution in [2.45, 2.75) is 0 Å². The summed E-state index contributed by atoms with van der Waals surface area (Å²) in [7, 11) is 0. The number of benzene rings is 2. The monoisotopic (exact) mass is 314 g/mol. The molecular formula is C15H10N2O4S. The van der Waals surface area contributed by atoms with Crippen LogP contribution < -0.4 is 0 Å². The Labute approximate surface area is 129 Å². The highest BCUT2D eigenvalue weighted by molar-refractivity contribution is 7.13. The van der Waals surface area contributed by atoms with E-state index in [1.807, 2.05) is 0 Å². The second kappa shape index (κ2) is 5.45. The molecule has 3 rings (SSSR count). The van der Waals surface area contributed by atoms with Crippen LogP contribution in [0.3, 0.4) is 0 Å². The molecule has 0 unspecified atom stereocenters. The summed E-state index contributed by atoms with van der Waals surface area (Å²) >= 11 is 1.28. The van der Waals surface area contributed by atoms with Crippen molar-refractivity contribution in [2.75, 3.05) is 0 Å². The SMILES string of the molecule is O=[N+]([O-])c1ccccc1-c1nc(-c2ccc(O)c(O)c2)cs1. The van der Waals surface area contributed by atoms with E-state index in [9.17, 15) is 20.3 Å². The van der Waals surface area contributed by atoms with Crippen molar-refractivity contribution in [3.63, 3.8) is 0 Å². The van der Waals surface area contributed by atoms with Crippen molar-refractivity contribution in [2.24, 2.45) is 0 Å². The summed E-state index contributed by atoms with van der Waals surface area (Å²) in [5, 5.41) is 32.2. The molecule has 0 aliphatic rings. The largest absolute Gasteiger partial charge is 0.504 e. The first-order valence-corrected chi connectivity index (χ1v) is 7.16. The minimum absolute atomic E-state index is 0.00282. The van der Waals surface area contributed by atoms with Crippen LogP contribution in [0, 0.1) is 10.1 Å². The summed E-state index contributed by atoms with van der Waals surface area (Å²) in [6, 6.07) is 10.8. The second-order valence-corrected chi connectivity index (χ2v) is 5.37. The number of nitro groups is 1. The van der Waals surface area contributed by atoms with Gasteiger partial charge in [-0.2, -0.15) is 0 Å². The van der Waals surface area contributed by atoms with Gasteiger partial charge in [-0.15, -0.1) is 11.3 Å². The summed E-state index contributed by atoms with van der Waals surface area (Å²) < 4.78 is 0. The minimum atomic E-state index is -0.442. The van der Waals surface area contributed by atoms with E-state index < -0.39 is 4.92 Å². The van der Waals surface area contributed by atoms with Gasteiger partial charge in [0.05, 0.1) is 16.2 Å². The van der Waals surface area contributed by atoms with Gasteiger partial charge in [0.25, 0.3) is 5.69 Å². The molecule has 7 heteroatoms. The normalized spacial score (nSPS) is 10.5. The maximum Gasteiger partial charge on any atom is 0.279 e. The lowest BCUT2D eigenvalue weighted by Gasteiger charge is -2.01. The van der Waals surface area contributed by atoms with Crippen LogP contribution in [-0.4, -0.2) is 20.1 Å². The van der Waals surface area contributed by atoms with Gasteiger partial charge in [0.15, 0.2) is 11.5 Å². The molecule has 0 spiro atoms. The first-order chi connectivity index (χ1) is 10.6. The molecule has 0 saturated carbocycles. The van der Waals surface area contributed by atoms with Gasteiger partial charge in [-0.3, -0.25) is 10.1 Å². The van der Waals surface area contributed by atoms with Crippen molar-refractivity contribution in [3.8, 4) is 33.3 Å². The summed E-state index contributed by atoms with van der Waals surface area (Å²) in [4.78, 5) is 15.0. The van der Waals surface area contributed by atoms with Crippen LogP contribution >= 0.6 is 11.3 Å². The van der Waals surface area contributed by atoms with E-state index in [-0.39, 0.29) is 17.2 Å². The maximum absolute atomic E-state index is 11.1. The third kappa shape index (κ3) is 2.49. The predicted octanol–water partition coefficient (Wildman–Crippen LogP) is 3.80. The molecule has 0 radical (unpaired) electrons. The van der Waals surface area contributed by atoms with Gasteiger partial charge in [-0.05, 0) is 24.3 Å². The number of aromatic nitrogens is 1. The van der Waals surface area contributed by atoms with Crippen molar-refractivity contribution in [3.05, 3.63) is 58.0 Å². The molecule has 2 aromatic carbocycles. The smallest absolute Gasteiger partial charge is 0.279 e. The quantitative estimate of drug-likeness (QED) is 0.435. The number of para-hydroxylation sites is 1. The Balaban J connectivity index is 2.04. The molecule has 0 amide bonds. The average molecular weight is 314 g/mol. The molecule has 2 N–H and O–H groups in total. The number of rotatable bonds is 3. The highest BCUT2D eigenvalue weighted by atomic mass is 32.1. The minimum Gasteiger partial charge on any atom is -0.504 e. The van der Waals surface area contributed by atoms with Crippen LogP contribution in [0.15, 0.2) is 47.8 Å². The van der Waals surface area contributed by atoms with Gasteiger partial charge in [-0.1, -0.05) is 12.1 Å². The van der Waals surface area contributed by atoms with Crippen molar-refractivity contribution in [1.82, 2.24) is 4.98 Å². The Morgan fingerprint density at radius 1 is 1.09 bits per heavy atom. The fraction of sp³-hybridized carbons (Fsp3) is 0. The number of phenols is 2. The molecule has 1 heterocycles. The van der Waals surface area contributed by atoms with E-state index in [1.54, 1.807) is 29.6 Å². The molecule has 110 valence electrons. The number of phenolic OH excluding ortho intramolecular Hbond substituents is 2. The summed E-state index contributed by atoms with van der Waals surface area (Å²) in [6.07, 6.45) is 0. The van der Waals surface area contributed by atoms with E-state index in [0.29, 0.717) is 21.8 Å². The Bertz CT molecular complexity index is 860. The van der Waals surface area contributed by atoms with E-state index >= 15 is 0 Å². The van der Waals surface area contributed by atoms with Crippen LogP contribution in [0.4, 0.5) is 5.69 Å². The predicted molar refractivity (Wildman–Crippen MR) is 83.0 cm³/mol. The summed E-state index contributed by atoms with van der Waals surface area (Å²) in [5.41, 5.74) is 1.65. The number of nitro benzene ring substituents is 1. The Morgan fingerprint density at radius 2 is 1.86 bits per heavy atom. The lowest BCUT2D eigenvalue weighted by molar-refractivity contribution is -0.384. The molecule has 0 aliphatic heterocycles. The zero-order valence-electron chi connectivity index (χ0n) is 11.1. The first-order valence-electron chi connectivity index (χ1n) is 6.28. The van der Waals surface area contributed by atoms with Gasteiger partial charge < -0.3 is 10.2 Å². The maximum atomic E-state index is 11.1. The molecule has 0 fully saturated rings. The number of thiazole rings is 1. The molecular weight excluding hydrogens is 304 g/mol. The zero-order chi connectivity index (χ0) is 15.7. The van der Waals surface area contributed by atoms with Crippen molar-refractivity contribution in [1.29, 1.82) is 0 Å². The number of nitrogens with zero attached hydrogens (tertiary/aromatic N) is 2. The topological polar surface area (TPSA) is 96.5 Å². The van der Waals surface area contributed by atoms with Crippen molar-refractivity contribution >= 4 is 17.0 Å². The number of hydrogen-bond donors (Lipinski definition) is 2. The van der Waals surface area contributed by atoms with Crippen LogP contribution in [0.5, 0.6) is 11.5 Å². The summed E-state index contributed by atoms with van der Waals surface area (Å²) in [6.45, 7) is 0. The molecule has 3 aromatic rings. The van der Waals surface area contributed by atoms with E-state index in [2.05, 4.69) is 4.98 Å². The van der Waals surface area contributed by atoms with E-state index in [1.165, 1.54) is 29.5 Å². The Kier molecular flexibility index (Phi) is 3.48. The van der Waals surface area contributed by atoms with Gasteiger partial charge in [0, 0.05) is 17.0 Å². The fourth-order valence-corrected chi connectivity index (χ4v) is 2.89. The molecule has 1 aromatic heterocycles.